The molecule has 3 aromatic carbocycles. The summed E-state index contributed by atoms with van der Waals surface area (Å²) in [5, 5.41) is 0. The van der Waals surface area contributed by atoms with Gasteiger partial charge >= 0.3 is 0 Å². The topological polar surface area (TPSA) is 6.48 Å². The molecule has 0 radical (unpaired) electrons. The van der Waals surface area contributed by atoms with Gasteiger partial charge in [0.1, 0.15) is 0 Å². The third kappa shape index (κ3) is 5.01. The van der Waals surface area contributed by atoms with Gasteiger partial charge in [-0.3, -0.25) is 4.90 Å². The van der Waals surface area contributed by atoms with Gasteiger partial charge in [-0.15, -0.1) is 0 Å². The van der Waals surface area contributed by atoms with Crippen molar-refractivity contribution < 1.29 is 0 Å². The minimum atomic E-state index is 0.353. The molecule has 1 aliphatic heterocycles. The standard InChI is InChI=1S/C31H38N2/c1-24-20-31(2,3)23-32(21-25-12-6-4-7-13-25)30(24)22-33(28-16-8-5-9-17-28)29-18-26-14-10-11-15-27(26)19-29/h4-17,24,29-30H,18-23H2,1-3H3. The van der Waals surface area contributed by atoms with E-state index in [4.69, 9.17) is 0 Å². The first-order valence-electron chi connectivity index (χ1n) is 12.6. The van der Waals surface area contributed by atoms with Gasteiger partial charge in [0, 0.05) is 37.4 Å². The van der Waals surface area contributed by atoms with E-state index in [0.29, 0.717) is 23.4 Å². The summed E-state index contributed by atoms with van der Waals surface area (Å²) in [6.07, 6.45) is 3.59. The fourth-order valence-corrected chi connectivity index (χ4v) is 6.43. The van der Waals surface area contributed by atoms with Gasteiger partial charge in [0.05, 0.1) is 0 Å². The minimum Gasteiger partial charge on any atom is -0.366 e. The molecule has 0 N–H and O–H groups in total. The van der Waals surface area contributed by atoms with Gasteiger partial charge in [-0.05, 0) is 59.4 Å². The Morgan fingerprint density at radius 1 is 0.818 bits per heavy atom. The van der Waals surface area contributed by atoms with Gasteiger partial charge < -0.3 is 4.90 Å². The monoisotopic (exact) mass is 438 g/mol. The summed E-state index contributed by atoms with van der Waals surface area (Å²) in [7, 11) is 0. The highest BCUT2D eigenvalue weighted by molar-refractivity contribution is 5.50. The molecule has 172 valence electrons. The molecule has 1 fully saturated rings. The largest absolute Gasteiger partial charge is 0.366 e. The number of benzene rings is 3. The number of anilines is 1. The molecule has 0 spiro atoms. The molecular weight excluding hydrogens is 400 g/mol. The molecule has 0 bridgehead atoms. The van der Waals surface area contributed by atoms with Gasteiger partial charge in [0.25, 0.3) is 0 Å². The van der Waals surface area contributed by atoms with Crippen molar-refractivity contribution in [1.29, 1.82) is 0 Å². The molecule has 0 saturated carbocycles. The lowest BCUT2D eigenvalue weighted by molar-refractivity contribution is 0.0192. The lowest BCUT2D eigenvalue weighted by Gasteiger charge is -2.50. The first-order valence-corrected chi connectivity index (χ1v) is 12.6. The molecule has 1 saturated heterocycles. The predicted molar refractivity (Wildman–Crippen MR) is 140 cm³/mol. The molecule has 2 nitrogen and oxygen atoms in total. The van der Waals surface area contributed by atoms with Crippen LogP contribution in [0.15, 0.2) is 84.9 Å². The fourth-order valence-electron chi connectivity index (χ4n) is 6.43. The van der Waals surface area contributed by atoms with Crippen LogP contribution < -0.4 is 4.90 Å². The van der Waals surface area contributed by atoms with E-state index in [1.165, 1.54) is 28.8 Å². The Morgan fingerprint density at radius 3 is 2.03 bits per heavy atom. The molecule has 2 aliphatic rings. The number of para-hydroxylation sites is 1. The van der Waals surface area contributed by atoms with Crippen LogP contribution >= 0.6 is 0 Å². The lowest BCUT2D eigenvalue weighted by Crippen LogP contribution is -2.56. The average Bonchev–Trinajstić information content (AvgIpc) is 3.23. The second kappa shape index (κ2) is 9.35. The summed E-state index contributed by atoms with van der Waals surface area (Å²) in [6.45, 7) is 10.7. The van der Waals surface area contributed by atoms with Crippen LogP contribution in [0.25, 0.3) is 0 Å². The number of hydrogen-bond acceptors (Lipinski definition) is 2. The van der Waals surface area contributed by atoms with Crippen LogP contribution in [0.4, 0.5) is 5.69 Å². The van der Waals surface area contributed by atoms with Crippen molar-refractivity contribution in [2.75, 3.05) is 18.0 Å². The SMILES string of the molecule is CC1CC(C)(C)CN(Cc2ccccc2)C1CN(c1ccccc1)C1Cc2ccccc2C1. The highest BCUT2D eigenvalue weighted by atomic mass is 15.3. The Bertz CT molecular complexity index is 1020. The van der Waals surface area contributed by atoms with E-state index >= 15 is 0 Å². The normalized spacial score (nSPS) is 22.8. The Labute approximate surface area is 200 Å². The molecular formula is C31H38N2. The predicted octanol–water partition coefficient (Wildman–Crippen LogP) is 6.60. The van der Waals surface area contributed by atoms with Crippen LogP contribution in [-0.2, 0) is 19.4 Å². The van der Waals surface area contributed by atoms with E-state index in [2.05, 4.69) is 116 Å². The first-order chi connectivity index (χ1) is 16.0. The molecule has 2 atom stereocenters. The summed E-state index contributed by atoms with van der Waals surface area (Å²) in [5.74, 6) is 0.660. The second-order valence-corrected chi connectivity index (χ2v) is 11.1. The van der Waals surface area contributed by atoms with Crippen molar-refractivity contribution in [3.05, 3.63) is 102 Å². The van der Waals surface area contributed by atoms with E-state index in [1.54, 1.807) is 0 Å². The van der Waals surface area contributed by atoms with E-state index in [9.17, 15) is 0 Å². The van der Waals surface area contributed by atoms with Gasteiger partial charge in [-0.1, -0.05) is 93.6 Å². The maximum atomic E-state index is 2.78. The maximum absolute atomic E-state index is 2.78. The average molecular weight is 439 g/mol. The fraction of sp³-hybridized carbons (Fsp3) is 0.419. The van der Waals surface area contributed by atoms with E-state index in [1.807, 2.05) is 0 Å². The number of rotatable bonds is 6. The van der Waals surface area contributed by atoms with Gasteiger partial charge in [-0.2, -0.15) is 0 Å². The Balaban J connectivity index is 1.44. The zero-order valence-corrected chi connectivity index (χ0v) is 20.5. The Hall–Kier alpha value is -2.58. The number of fused-ring (bicyclic) bond motifs is 1. The zero-order valence-electron chi connectivity index (χ0n) is 20.5. The minimum absolute atomic E-state index is 0.353. The summed E-state index contributed by atoms with van der Waals surface area (Å²) >= 11 is 0. The highest BCUT2D eigenvalue weighted by Crippen LogP contribution is 2.38. The Morgan fingerprint density at radius 2 is 1.39 bits per heavy atom. The molecule has 33 heavy (non-hydrogen) atoms. The van der Waals surface area contributed by atoms with Crippen molar-refractivity contribution in [3.63, 3.8) is 0 Å². The van der Waals surface area contributed by atoms with E-state index in [-0.39, 0.29) is 0 Å². The zero-order chi connectivity index (χ0) is 22.8. The van der Waals surface area contributed by atoms with Crippen molar-refractivity contribution >= 4 is 5.69 Å². The van der Waals surface area contributed by atoms with Gasteiger partial charge in [-0.25, -0.2) is 0 Å². The van der Waals surface area contributed by atoms with Crippen LogP contribution in [-0.4, -0.2) is 30.1 Å². The number of likely N-dealkylation sites (tertiary alicyclic amines) is 1. The van der Waals surface area contributed by atoms with E-state index in [0.717, 1.165) is 32.5 Å². The molecule has 1 heterocycles. The number of piperidine rings is 1. The quantitative estimate of drug-likeness (QED) is 0.428. The summed E-state index contributed by atoms with van der Waals surface area (Å²) in [6, 6.07) is 32.3. The van der Waals surface area contributed by atoms with Crippen molar-refractivity contribution in [2.24, 2.45) is 11.3 Å². The van der Waals surface area contributed by atoms with Crippen molar-refractivity contribution in [1.82, 2.24) is 4.90 Å². The molecule has 0 aromatic heterocycles. The van der Waals surface area contributed by atoms with Crippen LogP contribution in [0.5, 0.6) is 0 Å². The molecule has 2 unspecified atom stereocenters. The van der Waals surface area contributed by atoms with Crippen LogP contribution in [0.2, 0.25) is 0 Å². The van der Waals surface area contributed by atoms with Gasteiger partial charge in [0.15, 0.2) is 0 Å². The summed E-state index contributed by atoms with van der Waals surface area (Å²) in [4.78, 5) is 5.51. The van der Waals surface area contributed by atoms with Gasteiger partial charge in [0.2, 0.25) is 0 Å². The second-order valence-electron chi connectivity index (χ2n) is 11.1. The third-order valence-electron chi connectivity index (χ3n) is 7.80. The highest BCUT2D eigenvalue weighted by Gasteiger charge is 2.40. The lowest BCUT2D eigenvalue weighted by atomic mass is 9.75. The summed E-state index contributed by atoms with van der Waals surface area (Å²) < 4.78 is 0. The third-order valence-corrected chi connectivity index (χ3v) is 7.80. The maximum Gasteiger partial charge on any atom is 0.0371 e. The number of hydrogen-bond donors (Lipinski definition) is 0. The van der Waals surface area contributed by atoms with Crippen LogP contribution in [0, 0.1) is 11.3 Å². The van der Waals surface area contributed by atoms with Crippen LogP contribution in [0.1, 0.15) is 43.9 Å². The first kappa shape index (κ1) is 22.2. The van der Waals surface area contributed by atoms with E-state index < -0.39 is 0 Å². The van der Waals surface area contributed by atoms with Crippen molar-refractivity contribution in [3.8, 4) is 0 Å². The molecule has 0 amide bonds. The molecule has 2 heteroatoms. The molecule has 3 aromatic rings. The Kier molecular flexibility index (Phi) is 6.29. The molecule has 1 aliphatic carbocycles. The van der Waals surface area contributed by atoms with Crippen molar-refractivity contribution in [2.45, 2.75) is 58.7 Å². The number of nitrogens with zero attached hydrogens (tertiary/aromatic N) is 2. The van der Waals surface area contributed by atoms with Crippen LogP contribution in [0.3, 0.4) is 0 Å². The summed E-state index contributed by atoms with van der Waals surface area (Å²) in [5.41, 5.74) is 6.20. The molecule has 5 rings (SSSR count). The smallest absolute Gasteiger partial charge is 0.0371 e.